The second-order valence-electron chi connectivity index (χ2n) is 5.63. The van der Waals surface area contributed by atoms with Crippen molar-refractivity contribution in [3.63, 3.8) is 0 Å². The molecular formula is C16H22ClN3O2. The van der Waals surface area contributed by atoms with E-state index in [4.69, 9.17) is 11.6 Å². The van der Waals surface area contributed by atoms with E-state index in [-0.39, 0.29) is 24.5 Å². The first kappa shape index (κ1) is 16.6. The SMILES string of the molecule is CCC(C)NC(=O)CN1CCN(Cc2ccc(Cl)cc2)C1=O. The Morgan fingerprint density at radius 1 is 1.27 bits per heavy atom. The summed E-state index contributed by atoms with van der Waals surface area (Å²) in [4.78, 5) is 27.5. The van der Waals surface area contributed by atoms with E-state index in [0.29, 0.717) is 24.7 Å². The summed E-state index contributed by atoms with van der Waals surface area (Å²) in [6, 6.07) is 7.50. The fraction of sp³-hybridized carbons (Fsp3) is 0.500. The number of carbonyl (C=O) groups is 2. The summed E-state index contributed by atoms with van der Waals surface area (Å²) in [5.74, 6) is -0.101. The quantitative estimate of drug-likeness (QED) is 0.874. The Hall–Kier alpha value is -1.75. The van der Waals surface area contributed by atoms with E-state index in [9.17, 15) is 9.59 Å². The zero-order chi connectivity index (χ0) is 16.1. The van der Waals surface area contributed by atoms with Crippen molar-refractivity contribution in [2.75, 3.05) is 19.6 Å². The van der Waals surface area contributed by atoms with Crippen molar-refractivity contribution in [1.82, 2.24) is 15.1 Å². The van der Waals surface area contributed by atoms with Crippen LogP contribution in [0.4, 0.5) is 4.79 Å². The van der Waals surface area contributed by atoms with Crippen molar-refractivity contribution >= 4 is 23.5 Å². The summed E-state index contributed by atoms with van der Waals surface area (Å²) >= 11 is 5.86. The molecule has 5 nitrogen and oxygen atoms in total. The van der Waals surface area contributed by atoms with Crippen LogP contribution in [0.2, 0.25) is 5.02 Å². The van der Waals surface area contributed by atoms with Gasteiger partial charge in [0, 0.05) is 30.7 Å². The van der Waals surface area contributed by atoms with Gasteiger partial charge in [0.25, 0.3) is 0 Å². The maximum atomic E-state index is 12.3. The molecule has 1 atom stereocenters. The van der Waals surface area contributed by atoms with Crippen molar-refractivity contribution in [2.24, 2.45) is 0 Å². The number of nitrogens with one attached hydrogen (secondary N) is 1. The zero-order valence-corrected chi connectivity index (χ0v) is 13.8. The van der Waals surface area contributed by atoms with Gasteiger partial charge in [-0.1, -0.05) is 30.7 Å². The Kier molecular flexibility index (Phi) is 5.66. The van der Waals surface area contributed by atoms with Crippen LogP contribution < -0.4 is 5.32 Å². The van der Waals surface area contributed by atoms with Gasteiger partial charge in [0.2, 0.25) is 5.91 Å². The number of hydrogen-bond acceptors (Lipinski definition) is 2. The lowest BCUT2D eigenvalue weighted by Crippen LogP contribution is -2.42. The monoisotopic (exact) mass is 323 g/mol. The first-order chi connectivity index (χ1) is 10.5. The molecular weight excluding hydrogens is 302 g/mol. The van der Waals surface area contributed by atoms with Crippen LogP contribution in [-0.2, 0) is 11.3 Å². The van der Waals surface area contributed by atoms with Crippen molar-refractivity contribution in [2.45, 2.75) is 32.9 Å². The predicted molar refractivity (Wildman–Crippen MR) is 86.7 cm³/mol. The number of urea groups is 1. The summed E-state index contributed by atoms with van der Waals surface area (Å²) < 4.78 is 0. The summed E-state index contributed by atoms with van der Waals surface area (Å²) in [5.41, 5.74) is 1.03. The molecule has 1 aromatic carbocycles. The molecule has 1 saturated heterocycles. The predicted octanol–water partition coefficient (Wildman–Crippen LogP) is 2.49. The molecule has 3 amide bonds. The Morgan fingerprint density at radius 3 is 2.55 bits per heavy atom. The number of hydrogen-bond donors (Lipinski definition) is 1. The molecule has 0 spiro atoms. The minimum Gasteiger partial charge on any atom is -0.352 e. The van der Waals surface area contributed by atoms with Crippen molar-refractivity contribution in [3.05, 3.63) is 34.9 Å². The van der Waals surface area contributed by atoms with Gasteiger partial charge in [-0.15, -0.1) is 0 Å². The summed E-state index contributed by atoms with van der Waals surface area (Å²) in [5, 5.41) is 3.56. The number of halogens is 1. The van der Waals surface area contributed by atoms with Gasteiger partial charge in [0.1, 0.15) is 6.54 Å². The Labute approximate surface area is 136 Å². The van der Waals surface area contributed by atoms with Crippen LogP contribution in [0.15, 0.2) is 24.3 Å². The van der Waals surface area contributed by atoms with Crippen molar-refractivity contribution in [1.29, 1.82) is 0 Å². The summed E-state index contributed by atoms with van der Waals surface area (Å²) in [6.45, 7) is 5.86. The van der Waals surface area contributed by atoms with Gasteiger partial charge in [0.05, 0.1) is 0 Å². The lowest BCUT2D eigenvalue weighted by Gasteiger charge is -2.19. The maximum absolute atomic E-state index is 12.3. The van der Waals surface area contributed by atoms with E-state index in [2.05, 4.69) is 5.32 Å². The lowest BCUT2D eigenvalue weighted by molar-refractivity contribution is -0.122. The molecule has 2 rings (SSSR count). The molecule has 0 aromatic heterocycles. The van der Waals surface area contributed by atoms with Crippen LogP contribution in [0.25, 0.3) is 0 Å². The van der Waals surface area contributed by atoms with Crippen LogP contribution in [0.5, 0.6) is 0 Å². The van der Waals surface area contributed by atoms with Gasteiger partial charge in [-0.25, -0.2) is 4.79 Å². The van der Waals surface area contributed by atoms with Gasteiger partial charge in [-0.05, 0) is 31.0 Å². The number of rotatable bonds is 6. The van der Waals surface area contributed by atoms with Gasteiger partial charge in [-0.3, -0.25) is 4.79 Å². The Morgan fingerprint density at radius 2 is 1.91 bits per heavy atom. The third-order valence-corrected chi connectivity index (χ3v) is 4.07. The van der Waals surface area contributed by atoms with Crippen molar-refractivity contribution < 1.29 is 9.59 Å². The van der Waals surface area contributed by atoms with E-state index in [1.54, 1.807) is 9.80 Å². The molecule has 1 aliphatic rings. The van der Waals surface area contributed by atoms with Crippen LogP contribution in [0, 0.1) is 0 Å². The molecule has 1 N–H and O–H groups in total. The van der Waals surface area contributed by atoms with Gasteiger partial charge >= 0.3 is 6.03 Å². The molecule has 0 bridgehead atoms. The van der Waals surface area contributed by atoms with Crippen LogP contribution in [0.1, 0.15) is 25.8 Å². The second-order valence-corrected chi connectivity index (χ2v) is 6.07. The van der Waals surface area contributed by atoms with E-state index >= 15 is 0 Å². The average molecular weight is 324 g/mol. The molecule has 0 saturated carbocycles. The molecule has 1 unspecified atom stereocenters. The largest absolute Gasteiger partial charge is 0.352 e. The molecule has 22 heavy (non-hydrogen) atoms. The third kappa shape index (κ3) is 4.37. The van der Waals surface area contributed by atoms with E-state index < -0.39 is 0 Å². The smallest absolute Gasteiger partial charge is 0.320 e. The summed E-state index contributed by atoms with van der Waals surface area (Å²) in [6.07, 6.45) is 0.877. The number of benzene rings is 1. The number of nitrogens with zero attached hydrogens (tertiary/aromatic N) is 2. The maximum Gasteiger partial charge on any atom is 0.320 e. The van der Waals surface area contributed by atoms with Crippen LogP contribution >= 0.6 is 11.6 Å². The number of carbonyl (C=O) groups excluding carboxylic acids is 2. The van der Waals surface area contributed by atoms with Crippen molar-refractivity contribution in [3.8, 4) is 0 Å². The molecule has 0 aliphatic carbocycles. The fourth-order valence-electron chi connectivity index (χ4n) is 2.33. The van der Waals surface area contributed by atoms with Gasteiger partial charge in [-0.2, -0.15) is 0 Å². The molecule has 1 aromatic rings. The molecule has 1 fully saturated rings. The Balaban J connectivity index is 1.87. The van der Waals surface area contributed by atoms with Crippen LogP contribution in [-0.4, -0.2) is 47.4 Å². The highest BCUT2D eigenvalue weighted by Crippen LogP contribution is 2.15. The van der Waals surface area contributed by atoms with E-state index in [1.807, 2.05) is 38.1 Å². The third-order valence-electron chi connectivity index (χ3n) is 3.82. The fourth-order valence-corrected chi connectivity index (χ4v) is 2.46. The zero-order valence-electron chi connectivity index (χ0n) is 13.0. The molecule has 120 valence electrons. The minimum absolute atomic E-state index is 0.0887. The van der Waals surface area contributed by atoms with Gasteiger partial charge in [0.15, 0.2) is 0 Å². The highest BCUT2D eigenvalue weighted by Gasteiger charge is 2.29. The normalized spacial score (nSPS) is 16.0. The first-order valence-electron chi connectivity index (χ1n) is 7.57. The molecule has 1 aliphatic heterocycles. The molecule has 0 radical (unpaired) electrons. The van der Waals surface area contributed by atoms with Gasteiger partial charge < -0.3 is 15.1 Å². The molecule has 6 heteroatoms. The standard InChI is InChI=1S/C16H22ClN3O2/c1-3-12(2)18-15(21)11-20-9-8-19(16(20)22)10-13-4-6-14(17)7-5-13/h4-7,12H,3,8-11H2,1-2H3,(H,18,21). The van der Waals surface area contributed by atoms with Crippen LogP contribution in [0.3, 0.4) is 0 Å². The highest BCUT2D eigenvalue weighted by atomic mass is 35.5. The van der Waals surface area contributed by atoms with E-state index in [1.165, 1.54) is 0 Å². The molecule has 1 heterocycles. The lowest BCUT2D eigenvalue weighted by atomic mass is 10.2. The second kappa shape index (κ2) is 7.49. The average Bonchev–Trinajstić information content (AvgIpc) is 2.82. The Bertz CT molecular complexity index is 533. The number of amides is 3. The minimum atomic E-state index is -0.101. The topological polar surface area (TPSA) is 52.7 Å². The summed E-state index contributed by atoms with van der Waals surface area (Å²) in [7, 11) is 0. The van der Waals surface area contributed by atoms with E-state index in [0.717, 1.165) is 12.0 Å². The highest BCUT2D eigenvalue weighted by molar-refractivity contribution is 6.30. The first-order valence-corrected chi connectivity index (χ1v) is 7.95.